The van der Waals surface area contributed by atoms with Crippen LogP contribution in [-0.2, 0) is 0 Å². The number of hydrogen-bond acceptors (Lipinski definition) is 5. The molecule has 0 saturated heterocycles. The molecule has 3 rings (SSSR count). The van der Waals surface area contributed by atoms with Crippen LogP contribution in [0, 0.1) is 0 Å². The number of amides is 1. The molecule has 0 spiro atoms. The van der Waals surface area contributed by atoms with Crippen LogP contribution in [0.1, 0.15) is 22.8 Å². The van der Waals surface area contributed by atoms with Crippen molar-refractivity contribution in [3.63, 3.8) is 0 Å². The molecule has 0 radical (unpaired) electrons. The average molecular weight is 297 g/mol. The molecule has 6 nitrogen and oxygen atoms in total. The number of hydrazone groups is 1. The van der Waals surface area contributed by atoms with Gasteiger partial charge in [0.2, 0.25) is 6.79 Å². The molecule has 0 unspecified atom stereocenters. The summed E-state index contributed by atoms with van der Waals surface area (Å²) in [5.41, 5.74) is 10.7. The average Bonchev–Trinajstić information content (AvgIpc) is 3.00. The smallest absolute Gasteiger partial charge is 0.271 e. The molecule has 3 N–H and O–H groups in total. The summed E-state index contributed by atoms with van der Waals surface area (Å²) in [5, 5.41) is 4.11. The number of ether oxygens (including phenoxy) is 2. The number of hydrogen-bond donors (Lipinski definition) is 2. The number of fused-ring (bicyclic) bond motifs is 1. The molecule has 1 aliphatic rings. The van der Waals surface area contributed by atoms with E-state index >= 15 is 0 Å². The zero-order valence-electron chi connectivity index (χ0n) is 12.0. The number of carbonyl (C=O) groups excluding carboxylic acids is 1. The third kappa shape index (κ3) is 2.85. The van der Waals surface area contributed by atoms with Crippen molar-refractivity contribution >= 4 is 17.3 Å². The molecular formula is C16H15N3O3. The highest BCUT2D eigenvalue weighted by Crippen LogP contribution is 2.32. The summed E-state index contributed by atoms with van der Waals surface area (Å²) in [6, 6.07) is 12.1. The van der Waals surface area contributed by atoms with Crippen molar-refractivity contribution in [2.75, 3.05) is 12.5 Å². The van der Waals surface area contributed by atoms with Crippen LogP contribution in [0.3, 0.4) is 0 Å². The maximum Gasteiger partial charge on any atom is 0.271 e. The lowest BCUT2D eigenvalue weighted by Crippen LogP contribution is -2.19. The van der Waals surface area contributed by atoms with Gasteiger partial charge < -0.3 is 15.2 Å². The Morgan fingerprint density at radius 1 is 1.09 bits per heavy atom. The Hall–Kier alpha value is -3.02. The minimum absolute atomic E-state index is 0.225. The summed E-state index contributed by atoms with van der Waals surface area (Å²) in [4.78, 5) is 12.0. The molecule has 6 heteroatoms. The first-order chi connectivity index (χ1) is 10.6. The lowest BCUT2D eigenvalue weighted by Gasteiger charge is -2.04. The number of anilines is 1. The maximum absolute atomic E-state index is 12.0. The molecule has 2 aromatic carbocycles. The first-order valence-corrected chi connectivity index (χ1v) is 6.74. The number of rotatable bonds is 3. The number of nitrogen functional groups attached to an aromatic ring is 1. The van der Waals surface area contributed by atoms with Gasteiger partial charge in [0, 0.05) is 16.8 Å². The fourth-order valence-corrected chi connectivity index (χ4v) is 2.02. The van der Waals surface area contributed by atoms with Crippen LogP contribution in [0.2, 0.25) is 0 Å². The SMILES string of the molecule is C/C(=N/NC(=O)c1ccc(N)cc1)c1ccc2c(c1)OCO2. The van der Waals surface area contributed by atoms with Gasteiger partial charge in [0.15, 0.2) is 11.5 Å². The second-order valence-corrected chi connectivity index (χ2v) is 4.83. The van der Waals surface area contributed by atoms with E-state index in [1.807, 2.05) is 18.2 Å². The first-order valence-electron chi connectivity index (χ1n) is 6.74. The minimum atomic E-state index is -0.292. The maximum atomic E-state index is 12.0. The molecule has 0 fully saturated rings. The molecular weight excluding hydrogens is 282 g/mol. The minimum Gasteiger partial charge on any atom is -0.454 e. The van der Waals surface area contributed by atoms with Gasteiger partial charge in [0.1, 0.15) is 0 Å². The monoisotopic (exact) mass is 297 g/mol. The van der Waals surface area contributed by atoms with Crippen molar-refractivity contribution in [1.82, 2.24) is 5.43 Å². The third-order valence-electron chi connectivity index (χ3n) is 3.29. The molecule has 0 bridgehead atoms. The number of benzene rings is 2. The summed E-state index contributed by atoms with van der Waals surface area (Å²) in [6.45, 7) is 2.03. The van der Waals surface area contributed by atoms with Crippen LogP contribution in [0.5, 0.6) is 11.5 Å². The number of nitrogens with two attached hydrogens (primary N) is 1. The van der Waals surface area contributed by atoms with Gasteiger partial charge in [-0.2, -0.15) is 5.10 Å². The lowest BCUT2D eigenvalue weighted by atomic mass is 10.1. The summed E-state index contributed by atoms with van der Waals surface area (Å²) >= 11 is 0. The number of carbonyl (C=O) groups is 1. The van der Waals surface area contributed by atoms with Gasteiger partial charge in [0.05, 0.1) is 5.71 Å². The van der Waals surface area contributed by atoms with Gasteiger partial charge in [-0.3, -0.25) is 4.79 Å². The quantitative estimate of drug-likeness (QED) is 0.516. The predicted molar refractivity (Wildman–Crippen MR) is 83.1 cm³/mol. The Labute approximate surface area is 127 Å². The van der Waals surface area contributed by atoms with Gasteiger partial charge in [-0.05, 0) is 49.4 Å². The zero-order valence-corrected chi connectivity index (χ0v) is 12.0. The van der Waals surface area contributed by atoms with Gasteiger partial charge in [-0.1, -0.05) is 0 Å². The molecule has 0 aliphatic carbocycles. The predicted octanol–water partition coefficient (Wildman–Crippen LogP) is 2.15. The van der Waals surface area contributed by atoms with E-state index in [1.165, 1.54) is 0 Å². The molecule has 22 heavy (non-hydrogen) atoms. The summed E-state index contributed by atoms with van der Waals surface area (Å²) < 4.78 is 10.6. The van der Waals surface area contributed by atoms with Crippen molar-refractivity contribution in [1.29, 1.82) is 0 Å². The molecule has 0 aromatic heterocycles. The van der Waals surface area contributed by atoms with Crippen LogP contribution in [0.15, 0.2) is 47.6 Å². The fraction of sp³-hybridized carbons (Fsp3) is 0.125. The van der Waals surface area contributed by atoms with Crippen molar-refractivity contribution in [2.24, 2.45) is 5.10 Å². The van der Waals surface area contributed by atoms with E-state index < -0.39 is 0 Å². The topological polar surface area (TPSA) is 85.9 Å². The van der Waals surface area contributed by atoms with Crippen LogP contribution in [0.4, 0.5) is 5.69 Å². The van der Waals surface area contributed by atoms with Crippen LogP contribution in [0.25, 0.3) is 0 Å². The van der Waals surface area contributed by atoms with E-state index in [9.17, 15) is 4.79 Å². The van der Waals surface area contributed by atoms with Gasteiger partial charge in [-0.15, -0.1) is 0 Å². The van der Waals surface area contributed by atoms with Crippen LogP contribution >= 0.6 is 0 Å². The molecule has 2 aromatic rings. The first kappa shape index (κ1) is 13.9. The Morgan fingerprint density at radius 3 is 2.55 bits per heavy atom. The van der Waals surface area contributed by atoms with E-state index in [-0.39, 0.29) is 12.7 Å². The Morgan fingerprint density at radius 2 is 1.77 bits per heavy atom. The third-order valence-corrected chi connectivity index (χ3v) is 3.29. The molecule has 1 heterocycles. The van der Waals surface area contributed by atoms with Crippen molar-refractivity contribution in [3.8, 4) is 11.5 Å². The fourth-order valence-electron chi connectivity index (χ4n) is 2.02. The van der Waals surface area contributed by atoms with Gasteiger partial charge in [0.25, 0.3) is 5.91 Å². The molecule has 0 atom stereocenters. The van der Waals surface area contributed by atoms with Crippen molar-refractivity contribution in [3.05, 3.63) is 53.6 Å². The van der Waals surface area contributed by atoms with Gasteiger partial charge in [-0.25, -0.2) is 5.43 Å². The summed E-state index contributed by atoms with van der Waals surface area (Å²) in [6.07, 6.45) is 0. The summed E-state index contributed by atoms with van der Waals surface area (Å²) in [7, 11) is 0. The molecule has 112 valence electrons. The highest BCUT2D eigenvalue weighted by Gasteiger charge is 2.14. The normalized spacial score (nSPS) is 13.0. The Balaban J connectivity index is 1.72. The second kappa shape index (κ2) is 5.77. The van der Waals surface area contributed by atoms with Crippen molar-refractivity contribution < 1.29 is 14.3 Å². The second-order valence-electron chi connectivity index (χ2n) is 4.83. The van der Waals surface area contributed by atoms with Crippen molar-refractivity contribution in [2.45, 2.75) is 6.92 Å². The molecule has 0 saturated carbocycles. The van der Waals surface area contributed by atoms with E-state index in [1.54, 1.807) is 31.2 Å². The zero-order chi connectivity index (χ0) is 15.5. The summed E-state index contributed by atoms with van der Waals surface area (Å²) in [5.74, 6) is 1.10. The van der Waals surface area contributed by atoms with Crippen LogP contribution in [-0.4, -0.2) is 18.4 Å². The van der Waals surface area contributed by atoms with E-state index in [0.717, 1.165) is 5.56 Å². The molecule has 1 aliphatic heterocycles. The number of nitrogens with zero attached hydrogens (tertiary/aromatic N) is 1. The Bertz CT molecular complexity index is 739. The highest BCUT2D eigenvalue weighted by molar-refractivity contribution is 6.01. The standard InChI is InChI=1S/C16H15N3O3/c1-10(12-4-7-14-15(8-12)22-9-21-14)18-19-16(20)11-2-5-13(17)6-3-11/h2-8H,9,17H2,1H3,(H,19,20)/b18-10-. The van der Waals surface area contributed by atoms with Gasteiger partial charge >= 0.3 is 0 Å². The highest BCUT2D eigenvalue weighted by atomic mass is 16.7. The largest absolute Gasteiger partial charge is 0.454 e. The Kier molecular flexibility index (Phi) is 3.65. The van der Waals surface area contributed by atoms with Crippen LogP contribution < -0.4 is 20.6 Å². The molecule has 1 amide bonds. The number of nitrogens with one attached hydrogen (secondary N) is 1. The lowest BCUT2D eigenvalue weighted by molar-refractivity contribution is 0.0955. The van der Waals surface area contributed by atoms with E-state index in [4.69, 9.17) is 15.2 Å². The van der Waals surface area contributed by atoms with E-state index in [0.29, 0.717) is 28.5 Å². The van der Waals surface area contributed by atoms with E-state index in [2.05, 4.69) is 10.5 Å².